The van der Waals surface area contributed by atoms with Crippen molar-refractivity contribution in [3.05, 3.63) is 0 Å². The maximum absolute atomic E-state index is 11.8. The molecule has 1 fully saturated rings. The van der Waals surface area contributed by atoms with Gasteiger partial charge in [-0.1, -0.05) is 41.5 Å². The Labute approximate surface area is 152 Å². The van der Waals surface area contributed by atoms with Crippen LogP contribution >= 0.6 is 0 Å². The molecule has 1 amide bonds. The largest absolute Gasteiger partial charge is 0.465 e. The average molecular weight is 396 g/mol. The standard InChI is InChI=1S/C16H33NO6SSi/c1-15(2,3)13-12(23-25(8,9)16(4,5)6)11(22-24(7,20)21)10-17(13)14(18)19/h11-13H,10H2,1-9H3,(H,18,19)/t11-,12+,13?/m0/s1. The molecule has 0 saturated carbocycles. The van der Waals surface area contributed by atoms with E-state index < -0.39 is 48.2 Å². The minimum Gasteiger partial charge on any atom is -0.465 e. The molecule has 25 heavy (non-hydrogen) atoms. The van der Waals surface area contributed by atoms with Gasteiger partial charge in [0, 0.05) is 0 Å². The van der Waals surface area contributed by atoms with E-state index in [0.717, 1.165) is 6.26 Å². The third kappa shape index (κ3) is 5.41. The SMILES string of the molecule is CC(C)(C)C1[C@H](O[Si](C)(C)C(C)(C)C)[C@@H](OS(C)(=O)=O)CN1C(=O)O. The molecule has 1 aliphatic rings. The molecule has 9 heteroatoms. The zero-order chi connectivity index (χ0) is 20.0. The first kappa shape index (κ1) is 22.4. The molecule has 3 atom stereocenters. The topological polar surface area (TPSA) is 93.1 Å². The fourth-order valence-electron chi connectivity index (χ4n) is 2.92. The summed E-state index contributed by atoms with van der Waals surface area (Å²) in [6.45, 7) is 16.1. The second-order valence-corrected chi connectivity index (χ2v) is 15.8. The van der Waals surface area contributed by atoms with Crippen LogP contribution in [0.2, 0.25) is 18.1 Å². The second-order valence-electron chi connectivity index (χ2n) is 9.43. The number of likely N-dealkylation sites (tertiary alicyclic amines) is 1. The van der Waals surface area contributed by atoms with Gasteiger partial charge in [-0.15, -0.1) is 0 Å². The molecule has 0 aromatic rings. The number of rotatable bonds is 4. The van der Waals surface area contributed by atoms with Gasteiger partial charge in [0.1, 0.15) is 6.10 Å². The fraction of sp³-hybridized carbons (Fsp3) is 0.938. The first-order chi connectivity index (χ1) is 10.9. The van der Waals surface area contributed by atoms with Gasteiger partial charge in [0.25, 0.3) is 10.1 Å². The zero-order valence-corrected chi connectivity index (χ0v) is 18.6. The maximum Gasteiger partial charge on any atom is 0.407 e. The summed E-state index contributed by atoms with van der Waals surface area (Å²) in [5.41, 5.74) is -0.430. The number of carboxylic acid groups (broad SMARTS) is 1. The summed E-state index contributed by atoms with van der Waals surface area (Å²) in [6, 6.07) is -0.495. The molecule has 1 heterocycles. The summed E-state index contributed by atoms with van der Waals surface area (Å²) in [5, 5.41) is 9.52. The van der Waals surface area contributed by atoms with Crippen molar-refractivity contribution in [3.63, 3.8) is 0 Å². The van der Waals surface area contributed by atoms with Gasteiger partial charge in [0.2, 0.25) is 0 Å². The lowest BCUT2D eigenvalue weighted by Gasteiger charge is -2.44. The van der Waals surface area contributed by atoms with E-state index in [4.69, 9.17) is 8.61 Å². The molecule has 1 rings (SSSR count). The lowest BCUT2D eigenvalue weighted by atomic mass is 9.83. The summed E-state index contributed by atoms with van der Waals surface area (Å²) in [5.74, 6) is 0. The van der Waals surface area contributed by atoms with Gasteiger partial charge in [-0.05, 0) is 23.5 Å². The van der Waals surface area contributed by atoms with Gasteiger partial charge in [0.15, 0.2) is 8.32 Å². The molecular weight excluding hydrogens is 362 g/mol. The van der Waals surface area contributed by atoms with E-state index in [2.05, 4.69) is 33.9 Å². The van der Waals surface area contributed by atoms with Crippen molar-refractivity contribution in [1.82, 2.24) is 4.90 Å². The zero-order valence-electron chi connectivity index (χ0n) is 16.8. The summed E-state index contributed by atoms with van der Waals surface area (Å²) < 4.78 is 35.1. The highest BCUT2D eigenvalue weighted by atomic mass is 32.2. The van der Waals surface area contributed by atoms with E-state index in [1.165, 1.54) is 4.90 Å². The highest BCUT2D eigenvalue weighted by Gasteiger charge is 2.54. The molecule has 0 aromatic carbocycles. The molecule has 1 N–H and O–H groups in total. The molecule has 1 unspecified atom stereocenters. The van der Waals surface area contributed by atoms with Gasteiger partial charge in [-0.2, -0.15) is 8.42 Å². The smallest absolute Gasteiger partial charge is 0.407 e. The Morgan fingerprint density at radius 3 is 1.96 bits per heavy atom. The Balaban J connectivity index is 3.36. The molecule has 1 saturated heterocycles. The second kappa shape index (κ2) is 6.83. The van der Waals surface area contributed by atoms with Gasteiger partial charge in [-0.3, -0.25) is 9.08 Å². The molecule has 0 aliphatic carbocycles. The van der Waals surface area contributed by atoms with E-state index in [1.54, 1.807) is 0 Å². The third-order valence-electron chi connectivity index (χ3n) is 5.06. The molecule has 0 spiro atoms. The molecule has 1 aliphatic heterocycles. The van der Waals surface area contributed by atoms with Crippen LogP contribution in [0.1, 0.15) is 41.5 Å². The van der Waals surface area contributed by atoms with E-state index in [0.29, 0.717) is 0 Å². The predicted molar refractivity (Wildman–Crippen MR) is 99.8 cm³/mol. The normalized spacial score (nSPS) is 26.1. The van der Waals surface area contributed by atoms with Crippen molar-refractivity contribution in [2.45, 2.75) is 77.9 Å². The third-order valence-corrected chi connectivity index (χ3v) is 10.1. The minimum absolute atomic E-state index is 0.0242. The number of hydrogen-bond acceptors (Lipinski definition) is 5. The molecular formula is C16H33NO6SSi. The summed E-state index contributed by atoms with van der Waals surface area (Å²) in [6.07, 6.45) is -1.59. The highest BCUT2D eigenvalue weighted by molar-refractivity contribution is 7.86. The summed E-state index contributed by atoms with van der Waals surface area (Å²) >= 11 is 0. The predicted octanol–water partition coefficient (Wildman–Crippen LogP) is 3.13. The van der Waals surface area contributed by atoms with Gasteiger partial charge in [0.05, 0.1) is 24.9 Å². The van der Waals surface area contributed by atoms with Crippen LogP contribution in [0.3, 0.4) is 0 Å². The van der Waals surface area contributed by atoms with Gasteiger partial charge < -0.3 is 9.53 Å². The fourth-order valence-corrected chi connectivity index (χ4v) is 4.85. The lowest BCUT2D eigenvalue weighted by Crippen LogP contribution is -2.54. The Morgan fingerprint density at radius 1 is 1.16 bits per heavy atom. The number of carbonyl (C=O) groups is 1. The van der Waals surface area contributed by atoms with Gasteiger partial charge in [-0.25, -0.2) is 4.79 Å². The van der Waals surface area contributed by atoms with Crippen molar-refractivity contribution in [2.24, 2.45) is 5.41 Å². The summed E-state index contributed by atoms with van der Waals surface area (Å²) in [7, 11) is -6.00. The number of hydrogen-bond donors (Lipinski definition) is 1. The van der Waals surface area contributed by atoms with Crippen molar-refractivity contribution in [2.75, 3.05) is 12.8 Å². The van der Waals surface area contributed by atoms with Crippen LogP contribution in [0.4, 0.5) is 4.79 Å². The average Bonchev–Trinajstić information content (AvgIpc) is 2.63. The quantitative estimate of drug-likeness (QED) is 0.581. The molecule has 148 valence electrons. The van der Waals surface area contributed by atoms with Crippen LogP contribution in [0.25, 0.3) is 0 Å². The highest BCUT2D eigenvalue weighted by Crippen LogP contribution is 2.43. The number of nitrogens with zero attached hydrogens (tertiary/aromatic N) is 1. The Morgan fingerprint density at radius 2 is 1.64 bits per heavy atom. The van der Waals surface area contributed by atoms with Crippen LogP contribution in [-0.4, -0.2) is 63.9 Å². The van der Waals surface area contributed by atoms with Crippen molar-refractivity contribution in [1.29, 1.82) is 0 Å². The monoisotopic (exact) mass is 395 g/mol. The van der Waals surface area contributed by atoms with E-state index >= 15 is 0 Å². The Kier molecular flexibility index (Phi) is 6.12. The Bertz CT molecular complexity index is 605. The molecule has 7 nitrogen and oxygen atoms in total. The lowest BCUT2D eigenvalue weighted by molar-refractivity contribution is 0.0248. The maximum atomic E-state index is 11.8. The first-order valence-electron chi connectivity index (χ1n) is 8.42. The first-order valence-corrected chi connectivity index (χ1v) is 13.1. The van der Waals surface area contributed by atoms with E-state index in [-0.39, 0.29) is 11.6 Å². The van der Waals surface area contributed by atoms with Crippen LogP contribution in [0.5, 0.6) is 0 Å². The molecule has 0 aromatic heterocycles. The van der Waals surface area contributed by atoms with Crippen LogP contribution in [0.15, 0.2) is 0 Å². The minimum atomic E-state index is -3.73. The van der Waals surface area contributed by atoms with Crippen molar-refractivity contribution in [3.8, 4) is 0 Å². The molecule has 0 bridgehead atoms. The van der Waals surface area contributed by atoms with E-state index in [9.17, 15) is 18.3 Å². The summed E-state index contributed by atoms with van der Waals surface area (Å²) in [4.78, 5) is 13.0. The molecule has 0 radical (unpaired) electrons. The Hall–Kier alpha value is -0.643. The van der Waals surface area contributed by atoms with Crippen LogP contribution in [0, 0.1) is 5.41 Å². The van der Waals surface area contributed by atoms with Crippen molar-refractivity contribution >= 4 is 24.5 Å². The van der Waals surface area contributed by atoms with Crippen molar-refractivity contribution < 1.29 is 26.9 Å². The van der Waals surface area contributed by atoms with Gasteiger partial charge >= 0.3 is 6.09 Å². The number of amides is 1. The van der Waals surface area contributed by atoms with Crippen LogP contribution < -0.4 is 0 Å². The van der Waals surface area contributed by atoms with Crippen LogP contribution in [-0.2, 0) is 18.7 Å². The van der Waals surface area contributed by atoms with E-state index in [1.807, 2.05) is 20.8 Å².